The molecule has 2 unspecified atom stereocenters. The summed E-state index contributed by atoms with van der Waals surface area (Å²) in [6.45, 7) is 6.66. The van der Waals surface area contributed by atoms with Crippen molar-refractivity contribution in [3.05, 3.63) is 35.4 Å². The number of nitrogens with one attached hydrogen (secondary N) is 2. The Labute approximate surface area is 174 Å². The second-order valence-electron chi connectivity index (χ2n) is 8.40. The zero-order chi connectivity index (χ0) is 20.6. The lowest BCUT2D eigenvalue weighted by atomic mass is 9.88. The molecule has 1 amide bonds. The number of aliphatic hydroxyl groups is 1. The van der Waals surface area contributed by atoms with Gasteiger partial charge in [-0.15, -0.1) is 0 Å². The first kappa shape index (κ1) is 21.6. The van der Waals surface area contributed by atoms with Crippen molar-refractivity contribution in [3.8, 4) is 0 Å². The number of rotatable bonds is 6. The maximum absolute atomic E-state index is 12.8. The molecule has 2 aliphatic rings. The summed E-state index contributed by atoms with van der Waals surface area (Å²) >= 11 is 0. The van der Waals surface area contributed by atoms with Crippen molar-refractivity contribution < 1.29 is 9.90 Å². The molecule has 1 heterocycles. The lowest BCUT2D eigenvalue weighted by Gasteiger charge is -2.26. The highest BCUT2D eigenvalue weighted by Gasteiger charge is 2.31. The van der Waals surface area contributed by atoms with Gasteiger partial charge in [-0.25, -0.2) is 0 Å². The summed E-state index contributed by atoms with van der Waals surface area (Å²) in [5.74, 6) is 1.27. The van der Waals surface area contributed by atoms with Crippen molar-refractivity contribution >= 4 is 11.9 Å². The van der Waals surface area contributed by atoms with Crippen LogP contribution in [-0.4, -0.2) is 54.1 Å². The number of aryl methyl sites for hydroxylation is 1. The number of carbonyl (C=O) groups excluding carboxylic acids is 1. The van der Waals surface area contributed by atoms with Crippen LogP contribution in [0, 0.1) is 12.8 Å². The predicted molar refractivity (Wildman–Crippen MR) is 117 cm³/mol. The fraction of sp³-hybridized carbons (Fsp3) is 0.652. The van der Waals surface area contributed by atoms with E-state index in [1.54, 1.807) is 0 Å². The van der Waals surface area contributed by atoms with Crippen LogP contribution in [0.4, 0.5) is 0 Å². The number of aliphatic imine (C=N–C) groups is 1. The Hall–Kier alpha value is -2.08. The van der Waals surface area contributed by atoms with Crippen LogP contribution >= 0.6 is 0 Å². The van der Waals surface area contributed by atoms with Gasteiger partial charge in [0.1, 0.15) is 0 Å². The number of carbonyl (C=O) groups is 1. The monoisotopic (exact) mass is 400 g/mol. The minimum atomic E-state index is -0.627. The van der Waals surface area contributed by atoms with E-state index in [9.17, 15) is 9.90 Å². The summed E-state index contributed by atoms with van der Waals surface area (Å²) in [5.41, 5.74) is 2.01. The van der Waals surface area contributed by atoms with Gasteiger partial charge >= 0.3 is 0 Å². The number of likely N-dealkylation sites (tertiary alicyclic amines) is 1. The third-order valence-corrected chi connectivity index (χ3v) is 5.99. The molecule has 160 valence electrons. The average molecular weight is 401 g/mol. The lowest BCUT2D eigenvalue weighted by Crippen LogP contribution is -2.45. The number of amides is 1. The van der Waals surface area contributed by atoms with Crippen LogP contribution in [0.3, 0.4) is 0 Å². The molecule has 29 heavy (non-hydrogen) atoms. The van der Waals surface area contributed by atoms with E-state index >= 15 is 0 Å². The van der Waals surface area contributed by atoms with Crippen LogP contribution < -0.4 is 10.6 Å². The van der Waals surface area contributed by atoms with Gasteiger partial charge in [-0.05, 0) is 38.7 Å². The number of hydrogen-bond donors (Lipinski definition) is 3. The highest BCUT2D eigenvalue weighted by molar-refractivity contribution is 5.81. The van der Waals surface area contributed by atoms with Crippen LogP contribution in [0.2, 0.25) is 0 Å². The van der Waals surface area contributed by atoms with Crippen molar-refractivity contribution in [3.63, 3.8) is 0 Å². The third kappa shape index (κ3) is 6.20. The van der Waals surface area contributed by atoms with Crippen molar-refractivity contribution in [2.75, 3.05) is 26.2 Å². The predicted octanol–water partition coefficient (Wildman–Crippen LogP) is 2.76. The fourth-order valence-corrected chi connectivity index (χ4v) is 4.36. The first-order chi connectivity index (χ1) is 14.1. The van der Waals surface area contributed by atoms with Gasteiger partial charge in [-0.1, -0.05) is 49.1 Å². The molecule has 0 bridgehead atoms. The van der Waals surface area contributed by atoms with Crippen LogP contribution in [0.15, 0.2) is 29.3 Å². The molecule has 0 spiro atoms. The molecular weight excluding hydrogens is 364 g/mol. The largest absolute Gasteiger partial charge is 0.386 e. The van der Waals surface area contributed by atoms with Crippen LogP contribution in [0.25, 0.3) is 0 Å². The second kappa shape index (κ2) is 10.6. The molecule has 1 saturated carbocycles. The van der Waals surface area contributed by atoms with E-state index in [1.807, 2.05) is 43.0 Å². The maximum Gasteiger partial charge on any atom is 0.225 e. The van der Waals surface area contributed by atoms with E-state index in [0.717, 1.165) is 50.0 Å². The standard InChI is InChI=1S/C23H36N4O2/c1-3-24-23(25-15-21(28)19-11-7-8-17(2)14-19)26-20-12-13-27(16-20)22(29)18-9-5-4-6-10-18/h7-8,11,14,18,20-21,28H,3-6,9-10,12-13,15-16H2,1-2H3,(H2,24,25,26). The molecule has 1 aliphatic carbocycles. The van der Waals surface area contributed by atoms with Gasteiger partial charge in [-0.2, -0.15) is 0 Å². The van der Waals surface area contributed by atoms with Gasteiger partial charge in [0.25, 0.3) is 0 Å². The normalized spacial score (nSPS) is 21.8. The smallest absolute Gasteiger partial charge is 0.225 e. The van der Waals surface area contributed by atoms with Gasteiger partial charge in [0, 0.05) is 31.6 Å². The average Bonchev–Trinajstić information content (AvgIpc) is 3.20. The number of hydrogen-bond acceptors (Lipinski definition) is 3. The van der Waals surface area contributed by atoms with E-state index in [4.69, 9.17) is 0 Å². The SMILES string of the molecule is CCNC(=NCC(O)c1cccc(C)c1)NC1CCN(C(=O)C2CCCCC2)C1. The van der Waals surface area contributed by atoms with Gasteiger partial charge in [-0.3, -0.25) is 9.79 Å². The Balaban J connectivity index is 1.53. The molecule has 3 N–H and O–H groups in total. The topological polar surface area (TPSA) is 77.0 Å². The highest BCUT2D eigenvalue weighted by Crippen LogP contribution is 2.26. The first-order valence-electron chi connectivity index (χ1n) is 11.1. The quantitative estimate of drug-likeness (QED) is 0.507. The minimum Gasteiger partial charge on any atom is -0.386 e. The van der Waals surface area contributed by atoms with E-state index in [2.05, 4.69) is 15.6 Å². The second-order valence-corrected chi connectivity index (χ2v) is 8.40. The molecule has 0 radical (unpaired) electrons. The number of aliphatic hydroxyl groups excluding tert-OH is 1. The summed E-state index contributed by atoms with van der Waals surface area (Å²) in [6, 6.07) is 8.10. The maximum atomic E-state index is 12.8. The van der Waals surface area contributed by atoms with Gasteiger partial charge in [0.2, 0.25) is 5.91 Å². The molecule has 1 aliphatic heterocycles. The van der Waals surface area contributed by atoms with Gasteiger partial charge in [0.05, 0.1) is 12.6 Å². The molecule has 2 atom stereocenters. The van der Waals surface area contributed by atoms with Crippen molar-refractivity contribution in [2.45, 2.75) is 64.5 Å². The van der Waals surface area contributed by atoms with E-state index in [0.29, 0.717) is 18.4 Å². The van der Waals surface area contributed by atoms with Gasteiger partial charge < -0.3 is 20.6 Å². The molecule has 1 saturated heterocycles. The van der Waals surface area contributed by atoms with E-state index < -0.39 is 6.10 Å². The number of guanidine groups is 1. The summed E-state index contributed by atoms with van der Waals surface area (Å²) in [4.78, 5) is 19.4. The Morgan fingerprint density at radius 2 is 2.07 bits per heavy atom. The van der Waals surface area contributed by atoms with Crippen molar-refractivity contribution in [1.29, 1.82) is 0 Å². The molecular formula is C23H36N4O2. The molecule has 6 nitrogen and oxygen atoms in total. The van der Waals surface area contributed by atoms with E-state index in [-0.39, 0.29) is 12.0 Å². The van der Waals surface area contributed by atoms with Crippen LogP contribution in [0.1, 0.15) is 62.7 Å². The molecule has 1 aromatic rings. The third-order valence-electron chi connectivity index (χ3n) is 5.99. The zero-order valence-corrected chi connectivity index (χ0v) is 17.9. The van der Waals surface area contributed by atoms with Crippen LogP contribution in [-0.2, 0) is 4.79 Å². The Kier molecular flexibility index (Phi) is 7.92. The Bertz CT molecular complexity index is 700. The molecule has 3 rings (SSSR count). The summed E-state index contributed by atoms with van der Waals surface area (Å²) < 4.78 is 0. The Morgan fingerprint density at radius 1 is 1.28 bits per heavy atom. The minimum absolute atomic E-state index is 0.205. The number of benzene rings is 1. The number of nitrogens with zero attached hydrogens (tertiary/aromatic N) is 2. The fourth-order valence-electron chi connectivity index (χ4n) is 4.36. The highest BCUT2D eigenvalue weighted by atomic mass is 16.3. The first-order valence-corrected chi connectivity index (χ1v) is 11.1. The summed E-state index contributed by atoms with van der Waals surface area (Å²) in [5, 5.41) is 17.2. The lowest BCUT2D eigenvalue weighted by molar-refractivity contribution is -0.135. The molecule has 6 heteroatoms. The summed E-state index contributed by atoms with van der Waals surface area (Å²) in [6.07, 6.45) is 6.05. The molecule has 0 aromatic heterocycles. The molecule has 1 aromatic carbocycles. The molecule has 2 fully saturated rings. The zero-order valence-electron chi connectivity index (χ0n) is 17.9. The van der Waals surface area contributed by atoms with Crippen molar-refractivity contribution in [1.82, 2.24) is 15.5 Å². The van der Waals surface area contributed by atoms with E-state index in [1.165, 1.54) is 19.3 Å². The van der Waals surface area contributed by atoms with Crippen LogP contribution in [0.5, 0.6) is 0 Å². The summed E-state index contributed by atoms with van der Waals surface area (Å²) in [7, 11) is 0. The van der Waals surface area contributed by atoms with Gasteiger partial charge in [0.15, 0.2) is 5.96 Å². The van der Waals surface area contributed by atoms with Crippen molar-refractivity contribution in [2.24, 2.45) is 10.9 Å². The Morgan fingerprint density at radius 3 is 2.79 bits per heavy atom.